The van der Waals surface area contributed by atoms with Crippen molar-refractivity contribution in [2.45, 2.75) is 53.4 Å². The second-order valence-corrected chi connectivity index (χ2v) is 5.37. The summed E-state index contributed by atoms with van der Waals surface area (Å²) in [5.74, 6) is 2.34. The third kappa shape index (κ3) is 3.23. The monoisotopic (exact) mass is 225 g/mol. The Bertz CT molecular complexity index is 213. The predicted octanol–water partition coefficient (Wildman–Crippen LogP) is 3.32. The van der Waals surface area contributed by atoms with E-state index in [0.29, 0.717) is 11.8 Å². The van der Waals surface area contributed by atoms with E-state index in [1.54, 1.807) is 0 Å². The molecule has 1 aliphatic carbocycles. The second-order valence-electron chi connectivity index (χ2n) is 5.37. The van der Waals surface area contributed by atoms with E-state index >= 15 is 0 Å². The summed E-state index contributed by atoms with van der Waals surface area (Å²) in [7, 11) is 0. The van der Waals surface area contributed by atoms with Crippen LogP contribution in [0, 0.1) is 17.8 Å². The van der Waals surface area contributed by atoms with Crippen LogP contribution >= 0.6 is 0 Å². The molecule has 0 aromatic rings. The lowest BCUT2D eigenvalue weighted by Gasteiger charge is -2.32. The average molecular weight is 225 g/mol. The van der Waals surface area contributed by atoms with Crippen LogP contribution in [0.4, 0.5) is 0 Å². The molecule has 0 spiro atoms. The molecule has 0 atom stereocenters. The molecule has 2 nitrogen and oxygen atoms in total. The summed E-state index contributed by atoms with van der Waals surface area (Å²) < 4.78 is 0. The van der Waals surface area contributed by atoms with Gasteiger partial charge in [-0.05, 0) is 51.4 Å². The van der Waals surface area contributed by atoms with Crippen LogP contribution in [-0.2, 0) is 4.79 Å². The number of hydrogen-bond acceptors (Lipinski definition) is 1. The van der Waals surface area contributed by atoms with Gasteiger partial charge in [-0.2, -0.15) is 0 Å². The largest absolute Gasteiger partial charge is 0.343 e. The van der Waals surface area contributed by atoms with Gasteiger partial charge in [0.2, 0.25) is 5.91 Å². The minimum atomic E-state index is 0.315. The van der Waals surface area contributed by atoms with E-state index in [1.165, 1.54) is 12.8 Å². The van der Waals surface area contributed by atoms with E-state index in [-0.39, 0.29) is 0 Å². The molecular weight excluding hydrogens is 198 g/mol. The standard InChI is InChI=1S/C14H27NO/c1-5-15(6-2)14(16)13-9-7-12(8-10-13)11(3)4/h11-13H,5-10H2,1-4H3/t12-,13+. The van der Waals surface area contributed by atoms with Gasteiger partial charge in [0.15, 0.2) is 0 Å². The molecule has 1 saturated carbocycles. The first kappa shape index (κ1) is 13.5. The highest BCUT2D eigenvalue weighted by Crippen LogP contribution is 2.33. The summed E-state index contributed by atoms with van der Waals surface area (Å²) in [6.07, 6.45) is 4.71. The highest BCUT2D eigenvalue weighted by Gasteiger charge is 2.29. The maximum atomic E-state index is 12.2. The molecule has 1 amide bonds. The smallest absolute Gasteiger partial charge is 0.225 e. The molecule has 0 unspecified atom stereocenters. The number of amides is 1. The van der Waals surface area contributed by atoms with Gasteiger partial charge in [0.05, 0.1) is 0 Å². The molecule has 0 heterocycles. The van der Waals surface area contributed by atoms with Crippen molar-refractivity contribution in [2.75, 3.05) is 13.1 Å². The first-order chi connectivity index (χ1) is 7.60. The molecule has 0 radical (unpaired) electrons. The molecule has 0 aromatic carbocycles. The van der Waals surface area contributed by atoms with Gasteiger partial charge < -0.3 is 4.90 Å². The molecular formula is C14H27NO. The van der Waals surface area contributed by atoms with Crippen molar-refractivity contribution in [3.05, 3.63) is 0 Å². The molecule has 0 bridgehead atoms. The van der Waals surface area contributed by atoms with Crippen LogP contribution in [0.25, 0.3) is 0 Å². The molecule has 0 aliphatic heterocycles. The molecule has 0 saturated heterocycles. The van der Waals surface area contributed by atoms with E-state index in [1.807, 2.05) is 4.90 Å². The van der Waals surface area contributed by atoms with Crippen LogP contribution in [0.2, 0.25) is 0 Å². The molecule has 0 N–H and O–H groups in total. The first-order valence-electron chi connectivity index (χ1n) is 6.88. The quantitative estimate of drug-likeness (QED) is 0.718. The molecule has 1 fully saturated rings. The van der Waals surface area contributed by atoms with Crippen molar-refractivity contribution in [3.63, 3.8) is 0 Å². The molecule has 0 aromatic heterocycles. The summed E-state index contributed by atoms with van der Waals surface area (Å²) in [6, 6.07) is 0. The van der Waals surface area contributed by atoms with E-state index < -0.39 is 0 Å². The minimum absolute atomic E-state index is 0.315. The average Bonchev–Trinajstić information content (AvgIpc) is 2.30. The number of carbonyl (C=O) groups excluding carboxylic acids is 1. The Labute approximate surface area is 100 Å². The Hall–Kier alpha value is -0.530. The third-order valence-corrected chi connectivity index (χ3v) is 4.14. The Balaban J connectivity index is 2.44. The maximum absolute atomic E-state index is 12.2. The molecule has 16 heavy (non-hydrogen) atoms. The molecule has 2 heteroatoms. The van der Waals surface area contributed by atoms with Crippen molar-refractivity contribution in [3.8, 4) is 0 Å². The topological polar surface area (TPSA) is 20.3 Å². The fourth-order valence-electron chi connectivity index (χ4n) is 2.83. The molecule has 1 rings (SSSR count). The Morgan fingerprint density at radius 3 is 2.00 bits per heavy atom. The summed E-state index contributed by atoms with van der Waals surface area (Å²) in [5.41, 5.74) is 0. The zero-order valence-corrected chi connectivity index (χ0v) is 11.3. The predicted molar refractivity (Wildman–Crippen MR) is 68.2 cm³/mol. The van der Waals surface area contributed by atoms with Crippen LogP contribution in [0.15, 0.2) is 0 Å². The van der Waals surface area contributed by atoms with Crippen LogP contribution in [0.5, 0.6) is 0 Å². The number of carbonyl (C=O) groups is 1. The Morgan fingerprint density at radius 1 is 1.12 bits per heavy atom. The van der Waals surface area contributed by atoms with Crippen LogP contribution in [0.3, 0.4) is 0 Å². The minimum Gasteiger partial charge on any atom is -0.343 e. The van der Waals surface area contributed by atoms with Gasteiger partial charge in [0, 0.05) is 19.0 Å². The lowest BCUT2D eigenvalue weighted by Crippen LogP contribution is -2.37. The zero-order valence-electron chi connectivity index (χ0n) is 11.3. The summed E-state index contributed by atoms with van der Waals surface area (Å²) in [6.45, 7) is 10.5. The van der Waals surface area contributed by atoms with Crippen molar-refractivity contribution in [1.29, 1.82) is 0 Å². The van der Waals surface area contributed by atoms with E-state index in [9.17, 15) is 4.79 Å². The molecule has 94 valence electrons. The van der Waals surface area contributed by atoms with E-state index in [0.717, 1.165) is 37.8 Å². The maximum Gasteiger partial charge on any atom is 0.225 e. The Kier molecular flexibility index (Phi) is 5.30. The molecule has 1 aliphatic rings. The normalized spacial score (nSPS) is 25.8. The lowest BCUT2D eigenvalue weighted by molar-refractivity contribution is -0.136. The van der Waals surface area contributed by atoms with E-state index in [4.69, 9.17) is 0 Å². The fourth-order valence-corrected chi connectivity index (χ4v) is 2.83. The van der Waals surface area contributed by atoms with Crippen LogP contribution in [0.1, 0.15) is 53.4 Å². The third-order valence-electron chi connectivity index (χ3n) is 4.14. The number of nitrogens with zero attached hydrogens (tertiary/aromatic N) is 1. The Morgan fingerprint density at radius 2 is 1.62 bits per heavy atom. The van der Waals surface area contributed by atoms with Crippen molar-refractivity contribution < 1.29 is 4.79 Å². The van der Waals surface area contributed by atoms with Gasteiger partial charge in [0.1, 0.15) is 0 Å². The van der Waals surface area contributed by atoms with Gasteiger partial charge >= 0.3 is 0 Å². The van der Waals surface area contributed by atoms with Crippen LogP contribution in [-0.4, -0.2) is 23.9 Å². The SMILES string of the molecule is CCN(CC)C(=O)[C@H]1CC[C@@H](C(C)C)CC1. The van der Waals surface area contributed by atoms with Gasteiger partial charge in [-0.25, -0.2) is 0 Å². The lowest BCUT2D eigenvalue weighted by atomic mass is 9.76. The number of rotatable bonds is 4. The summed E-state index contributed by atoms with van der Waals surface area (Å²) >= 11 is 0. The highest BCUT2D eigenvalue weighted by atomic mass is 16.2. The van der Waals surface area contributed by atoms with Gasteiger partial charge in [-0.15, -0.1) is 0 Å². The number of hydrogen-bond donors (Lipinski definition) is 0. The summed E-state index contributed by atoms with van der Waals surface area (Å²) in [5, 5.41) is 0. The van der Waals surface area contributed by atoms with Gasteiger partial charge in [-0.1, -0.05) is 13.8 Å². The van der Waals surface area contributed by atoms with E-state index in [2.05, 4.69) is 27.7 Å². The van der Waals surface area contributed by atoms with Gasteiger partial charge in [-0.3, -0.25) is 4.79 Å². The van der Waals surface area contributed by atoms with Gasteiger partial charge in [0.25, 0.3) is 0 Å². The highest BCUT2D eigenvalue weighted by molar-refractivity contribution is 5.78. The van der Waals surface area contributed by atoms with Crippen molar-refractivity contribution >= 4 is 5.91 Å². The second kappa shape index (κ2) is 6.27. The summed E-state index contributed by atoms with van der Waals surface area (Å²) in [4.78, 5) is 14.1. The zero-order chi connectivity index (χ0) is 12.1. The van der Waals surface area contributed by atoms with Crippen LogP contribution < -0.4 is 0 Å². The fraction of sp³-hybridized carbons (Fsp3) is 0.929. The van der Waals surface area contributed by atoms with Crippen molar-refractivity contribution in [2.24, 2.45) is 17.8 Å². The van der Waals surface area contributed by atoms with Crippen molar-refractivity contribution in [1.82, 2.24) is 4.90 Å². The first-order valence-corrected chi connectivity index (χ1v) is 6.88.